The number of amides is 1. The van der Waals surface area contributed by atoms with Crippen LogP contribution in [0.1, 0.15) is 19.3 Å². The van der Waals surface area contributed by atoms with Crippen LogP contribution in [-0.4, -0.2) is 36.6 Å². The second-order valence-corrected chi connectivity index (χ2v) is 4.89. The number of hydrogen-bond acceptors (Lipinski definition) is 2. The number of halogens is 1. The molecule has 0 aromatic heterocycles. The minimum atomic E-state index is -0.203. The predicted octanol–water partition coefficient (Wildman–Crippen LogP) is 2.09. The fraction of sp³-hybridized carbons (Fsp3) is 0.900. The average molecular weight is 218 g/mol. The number of carbonyl (C=O) groups excluding carboxylic acids is 1. The van der Waals surface area contributed by atoms with Crippen molar-refractivity contribution < 1.29 is 9.53 Å². The van der Waals surface area contributed by atoms with Crippen molar-refractivity contribution in [1.82, 2.24) is 4.90 Å². The van der Waals surface area contributed by atoms with Gasteiger partial charge in [-0.1, -0.05) is 0 Å². The maximum Gasteiger partial charge on any atom is 0.409 e. The Balaban J connectivity index is 2.01. The van der Waals surface area contributed by atoms with Crippen LogP contribution in [0.3, 0.4) is 0 Å². The van der Waals surface area contributed by atoms with Crippen LogP contribution in [0.25, 0.3) is 0 Å². The maximum atomic E-state index is 11.4. The molecule has 3 atom stereocenters. The Morgan fingerprint density at radius 3 is 2.93 bits per heavy atom. The number of rotatable bonds is 0. The highest BCUT2D eigenvalue weighted by atomic mass is 35.5. The van der Waals surface area contributed by atoms with Gasteiger partial charge in [0, 0.05) is 18.5 Å². The third-order valence-corrected chi connectivity index (χ3v) is 3.94. The van der Waals surface area contributed by atoms with Gasteiger partial charge in [0.25, 0.3) is 0 Å². The monoisotopic (exact) mass is 217 g/mol. The van der Waals surface area contributed by atoms with Crippen LogP contribution in [0, 0.1) is 11.8 Å². The van der Waals surface area contributed by atoms with E-state index < -0.39 is 0 Å². The van der Waals surface area contributed by atoms with Gasteiger partial charge < -0.3 is 9.64 Å². The van der Waals surface area contributed by atoms with Crippen molar-refractivity contribution in [3.63, 3.8) is 0 Å². The van der Waals surface area contributed by atoms with E-state index in [0.29, 0.717) is 11.8 Å². The van der Waals surface area contributed by atoms with E-state index in [9.17, 15) is 4.79 Å². The molecule has 1 amide bonds. The van der Waals surface area contributed by atoms with Crippen molar-refractivity contribution in [1.29, 1.82) is 0 Å². The molecule has 0 aromatic carbocycles. The van der Waals surface area contributed by atoms with E-state index >= 15 is 0 Å². The Morgan fingerprint density at radius 1 is 1.43 bits per heavy atom. The molecule has 3 nitrogen and oxygen atoms in total. The molecule has 80 valence electrons. The molecule has 2 rings (SSSR count). The van der Waals surface area contributed by atoms with Gasteiger partial charge in [0.05, 0.1) is 7.11 Å². The molecule has 1 aliphatic heterocycles. The Bertz CT molecular complexity index is 234. The summed E-state index contributed by atoms with van der Waals surface area (Å²) >= 11 is 6.22. The first kappa shape index (κ1) is 10.1. The van der Waals surface area contributed by atoms with E-state index in [-0.39, 0.29) is 11.5 Å². The zero-order valence-corrected chi connectivity index (χ0v) is 9.17. The van der Waals surface area contributed by atoms with Crippen LogP contribution in [0.4, 0.5) is 4.79 Å². The number of ether oxygens (including phenoxy) is 1. The van der Waals surface area contributed by atoms with Gasteiger partial charge in [-0.05, 0) is 31.1 Å². The lowest BCUT2D eigenvalue weighted by Crippen LogP contribution is -2.48. The van der Waals surface area contributed by atoms with Crippen LogP contribution in [0.15, 0.2) is 0 Å². The average Bonchev–Trinajstić information content (AvgIpc) is 2.22. The summed E-state index contributed by atoms with van der Waals surface area (Å²) in [6.07, 6.45) is 3.23. The molecule has 0 aromatic rings. The van der Waals surface area contributed by atoms with Gasteiger partial charge in [0.15, 0.2) is 0 Å². The lowest BCUT2D eigenvalue weighted by molar-refractivity contribution is 0.0668. The number of hydrogen-bond donors (Lipinski definition) is 0. The smallest absolute Gasteiger partial charge is 0.409 e. The van der Waals surface area contributed by atoms with Crippen molar-refractivity contribution in [2.75, 3.05) is 20.2 Å². The molecule has 2 aliphatic rings. The minimum absolute atomic E-state index is 0.203. The summed E-state index contributed by atoms with van der Waals surface area (Å²) in [6, 6.07) is 0. The van der Waals surface area contributed by atoms with E-state index in [1.165, 1.54) is 13.5 Å². The van der Waals surface area contributed by atoms with Crippen molar-refractivity contribution in [2.45, 2.75) is 24.6 Å². The molecule has 2 bridgehead atoms. The fourth-order valence-electron chi connectivity index (χ4n) is 2.63. The number of alkyl halides is 1. The molecule has 2 fully saturated rings. The zero-order valence-electron chi connectivity index (χ0n) is 8.41. The van der Waals surface area contributed by atoms with Crippen LogP contribution in [-0.2, 0) is 4.74 Å². The summed E-state index contributed by atoms with van der Waals surface area (Å²) < 4.78 is 4.73. The fourth-order valence-corrected chi connectivity index (χ4v) is 2.94. The summed E-state index contributed by atoms with van der Waals surface area (Å²) in [5, 5.41) is 0.249. The van der Waals surface area contributed by atoms with Gasteiger partial charge in [0.2, 0.25) is 0 Å². The van der Waals surface area contributed by atoms with Crippen molar-refractivity contribution in [3.05, 3.63) is 0 Å². The van der Waals surface area contributed by atoms with E-state index in [1.54, 1.807) is 4.90 Å². The first-order valence-corrected chi connectivity index (χ1v) is 5.61. The van der Waals surface area contributed by atoms with Crippen LogP contribution in [0.2, 0.25) is 0 Å². The van der Waals surface area contributed by atoms with E-state index in [0.717, 1.165) is 25.9 Å². The topological polar surface area (TPSA) is 29.5 Å². The minimum Gasteiger partial charge on any atom is -0.453 e. The summed E-state index contributed by atoms with van der Waals surface area (Å²) in [6.45, 7) is 1.63. The van der Waals surface area contributed by atoms with Crippen molar-refractivity contribution in [3.8, 4) is 0 Å². The number of carbonyl (C=O) groups is 1. The third-order valence-electron chi connectivity index (χ3n) is 3.36. The molecule has 1 saturated carbocycles. The maximum absolute atomic E-state index is 11.4. The van der Waals surface area contributed by atoms with E-state index in [2.05, 4.69) is 0 Å². The van der Waals surface area contributed by atoms with E-state index in [4.69, 9.17) is 16.3 Å². The van der Waals surface area contributed by atoms with Crippen molar-refractivity contribution >= 4 is 17.7 Å². The molecule has 1 heterocycles. The molecule has 0 N–H and O–H groups in total. The second kappa shape index (κ2) is 3.97. The SMILES string of the molecule is COC(=O)N1C[C@@H]2CCC(Cl)[C@@H](C2)C1. The number of piperidine rings is 1. The molecule has 1 unspecified atom stereocenters. The number of fused-ring (bicyclic) bond motifs is 2. The van der Waals surface area contributed by atoms with Crippen molar-refractivity contribution in [2.24, 2.45) is 11.8 Å². The lowest BCUT2D eigenvalue weighted by atomic mass is 9.78. The Kier molecular flexibility index (Phi) is 2.86. The molecule has 1 aliphatic carbocycles. The largest absolute Gasteiger partial charge is 0.453 e. The van der Waals surface area contributed by atoms with Gasteiger partial charge in [-0.3, -0.25) is 0 Å². The molecule has 14 heavy (non-hydrogen) atoms. The van der Waals surface area contributed by atoms with Crippen LogP contribution in [0.5, 0.6) is 0 Å². The predicted molar refractivity (Wildman–Crippen MR) is 54.5 cm³/mol. The lowest BCUT2D eigenvalue weighted by Gasteiger charge is -2.42. The zero-order chi connectivity index (χ0) is 10.1. The highest BCUT2D eigenvalue weighted by Crippen LogP contribution is 2.37. The van der Waals surface area contributed by atoms with Crippen LogP contribution < -0.4 is 0 Å². The molecule has 0 spiro atoms. The van der Waals surface area contributed by atoms with Gasteiger partial charge in [-0.2, -0.15) is 0 Å². The highest BCUT2D eigenvalue weighted by Gasteiger charge is 2.37. The van der Waals surface area contributed by atoms with Crippen LogP contribution >= 0.6 is 11.6 Å². The Morgan fingerprint density at radius 2 is 2.21 bits per heavy atom. The Hall–Kier alpha value is -0.440. The summed E-state index contributed by atoms with van der Waals surface area (Å²) in [5.74, 6) is 1.12. The van der Waals surface area contributed by atoms with Gasteiger partial charge in [-0.25, -0.2) is 4.79 Å². The number of nitrogens with zero attached hydrogens (tertiary/aromatic N) is 1. The molecular formula is C10H16ClNO2. The summed E-state index contributed by atoms with van der Waals surface area (Å²) in [5.41, 5.74) is 0. The summed E-state index contributed by atoms with van der Waals surface area (Å²) in [7, 11) is 1.44. The van der Waals surface area contributed by atoms with Gasteiger partial charge in [-0.15, -0.1) is 11.6 Å². The molecule has 0 radical (unpaired) electrons. The highest BCUT2D eigenvalue weighted by molar-refractivity contribution is 6.20. The molecular weight excluding hydrogens is 202 g/mol. The Labute approximate surface area is 89.4 Å². The molecule has 4 heteroatoms. The quantitative estimate of drug-likeness (QED) is 0.582. The van der Waals surface area contributed by atoms with Gasteiger partial charge in [0.1, 0.15) is 0 Å². The number of methoxy groups -OCH3 is 1. The third kappa shape index (κ3) is 1.83. The normalized spacial score (nSPS) is 36.7. The second-order valence-electron chi connectivity index (χ2n) is 4.33. The van der Waals surface area contributed by atoms with E-state index in [1.807, 2.05) is 0 Å². The number of likely N-dealkylation sites (tertiary alicyclic amines) is 1. The first-order chi connectivity index (χ1) is 6.70. The standard InChI is InChI=1S/C10H16ClNO2/c1-14-10(13)12-5-7-2-3-9(11)8(4-7)6-12/h7-9H,2-6H2,1H3/t7-,8+,9?/m1/s1. The summed E-state index contributed by atoms with van der Waals surface area (Å²) in [4.78, 5) is 13.2. The van der Waals surface area contributed by atoms with Gasteiger partial charge >= 0.3 is 6.09 Å². The first-order valence-electron chi connectivity index (χ1n) is 5.17. The molecule has 1 saturated heterocycles.